The summed E-state index contributed by atoms with van der Waals surface area (Å²) in [6.45, 7) is 1.32. The summed E-state index contributed by atoms with van der Waals surface area (Å²) in [7, 11) is 1.57. The topological polar surface area (TPSA) is 94.0 Å². The van der Waals surface area contributed by atoms with Crippen LogP contribution in [0.5, 0.6) is 5.88 Å². The molecule has 0 bridgehead atoms. The Kier molecular flexibility index (Phi) is 3.90. The van der Waals surface area contributed by atoms with Crippen molar-refractivity contribution in [1.29, 1.82) is 5.26 Å². The molecule has 1 saturated heterocycles. The number of nitrogens with two attached hydrogens (primary N) is 1. The smallest absolute Gasteiger partial charge is 0.212 e. The molecule has 1 fully saturated rings. The van der Waals surface area contributed by atoms with Gasteiger partial charge in [0.1, 0.15) is 11.9 Å². The van der Waals surface area contributed by atoms with Crippen molar-refractivity contribution in [3.8, 4) is 23.2 Å². The number of rotatable bonds is 3. The van der Waals surface area contributed by atoms with Crippen molar-refractivity contribution in [3.05, 3.63) is 35.5 Å². The molecule has 1 aliphatic heterocycles. The minimum absolute atomic E-state index is 0.185. The summed E-state index contributed by atoms with van der Waals surface area (Å²) < 4.78 is 10.5. The first-order valence-electron chi connectivity index (χ1n) is 7.01. The predicted octanol–water partition coefficient (Wildman–Crippen LogP) is 2.11. The van der Waals surface area contributed by atoms with Crippen LogP contribution in [0.15, 0.2) is 24.4 Å². The van der Waals surface area contributed by atoms with Crippen molar-refractivity contribution in [1.82, 2.24) is 9.97 Å². The summed E-state index contributed by atoms with van der Waals surface area (Å²) in [5.41, 5.74) is 8.85. The minimum atomic E-state index is 0.185. The van der Waals surface area contributed by atoms with Gasteiger partial charge in [0.2, 0.25) is 5.88 Å². The molecule has 0 spiro atoms. The van der Waals surface area contributed by atoms with Gasteiger partial charge in [-0.2, -0.15) is 5.26 Å². The van der Waals surface area contributed by atoms with E-state index in [2.05, 4.69) is 16.0 Å². The zero-order valence-electron chi connectivity index (χ0n) is 12.2. The number of hydrogen-bond donors (Lipinski definition) is 1. The van der Waals surface area contributed by atoms with Crippen LogP contribution in [0.2, 0.25) is 0 Å². The fourth-order valence-electron chi connectivity index (χ4n) is 2.61. The molecular weight excluding hydrogens is 280 g/mol. The van der Waals surface area contributed by atoms with E-state index in [9.17, 15) is 5.26 Å². The number of ether oxygens (including phenoxy) is 2. The Morgan fingerprint density at radius 2 is 2.32 bits per heavy atom. The van der Waals surface area contributed by atoms with Gasteiger partial charge in [0, 0.05) is 30.4 Å². The van der Waals surface area contributed by atoms with Crippen molar-refractivity contribution in [3.63, 3.8) is 0 Å². The van der Waals surface area contributed by atoms with Crippen LogP contribution in [0.4, 0.5) is 5.82 Å². The third kappa shape index (κ3) is 2.59. The van der Waals surface area contributed by atoms with Crippen LogP contribution < -0.4 is 10.5 Å². The van der Waals surface area contributed by atoms with Gasteiger partial charge < -0.3 is 15.2 Å². The first-order valence-corrected chi connectivity index (χ1v) is 7.01. The Morgan fingerprint density at radius 1 is 1.45 bits per heavy atom. The minimum Gasteiger partial charge on any atom is -0.481 e. The van der Waals surface area contributed by atoms with Crippen LogP contribution in [-0.2, 0) is 4.74 Å². The van der Waals surface area contributed by atoms with Gasteiger partial charge in [0.25, 0.3) is 0 Å². The Balaban J connectivity index is 2.06. The quantitative estimate of drug-likeness (QED) is 0.932. The van der Waals surface area contributed by atoms with Crippen molar-refractivity contribution < 1.29 is 9.47 Å². The highest BCUT2D eigenvalue weighted by Crippen LogP contribution is 2.33. The van der Waals surface area contributed by atoms with Crippen LogP contribution >= 0.6 is 0 Å². The molecule has 22 heavy (non-hydrogen) atoms. The Bertz CT molecular complexity index is 716. The second kappa shape index (κ2) is 6.00. The maximum atomic E-state index is 9.35. The fourth-order valence-corrected chi connectivity index (χ4v) is 2.61. The van der Waals surface area contributed by atoms with Gasteiger partial charge >= 0.3 is 0 Å². The third-order valence-electron chi connectivity index (χ3n) is 3.80. The summed E-state index contributed by atoms with van der Waals surface area (Å²) in [5, 5.41) is 9.35. The summed E-state index contributed by atoms with van der Waals surface area (Å²) in [6, 6.07) is 7.71. The standard InChI is InChI=1S/C16H16N4O2/c1-21-15-3-2-10(8-19-15)14-6-12(11-4-5-22-9-11)13(7-17)16(18)20-14/h2-3,6,8,11H,4-5,9H2,1H3,(H2,18,20). The zero-order chi connectivity index (χ0) is 15.5. The predicted molar refractivity (Wildman–Crippen MR) is 81.3 cm³/mol. The van der Waals surface area contributed by atoms with Crippen molar-refractivity contribution in [2.75, 3.05) is 26.1 Å². The Hall–Kier alpha value is -2.65. The number of methoxy groups -OCH3 is 1. The van der Waals surface area contributed by atoms with Crippen molar-refractivity contribution in [2.45, 2.75) is 12.3 Å². The molecule has 0 aromatic carbocycles. The van der Waals surface area contributed by atoms with Gasteiger partial charge in [-0.25, -0.2) is 9.97 Å². The van der Waals surface area contributed by atoms with E-state index in [0.717, 1.165) is 17.5 Å². The van der Waals surface area contributed by atoms with Crippen LogP contribution in [0, 0.1) is 11.3 Å². The fraction of sp³-hybridized carbons (Fsp3) is 0.312. The lowest BCUT2D eigenvalue weighted by atomic mass is 9.93. The van der Waals surface area contributed by atoms with E-state index in [0.29, 0.717) is 30.4 Å². The van der Waals surface area contributed by atoms with Crippen LogP contribution in [0.25, 0.3) is 11.3 Å². The Labute approximate surface area is 128 Å². The molecular formula is C16H16N4O2. The molecule has 1 aliphatic rings. The summed E-state index contributed by atoms with van der Waals surface area (Å²) in [6.07, 6.45) is 2.57. The van der Waals surface area contributed by atoms with E-state index < -0.39 is 0 Å². The molecule has 2 aromatic rings. The molecule has 2 N–H and O–H groups in total. The number of nitrogens with zero attached hydrogens (tertiary/aromatic N) is 3. The van der Waals surface area contributed by atoms with Crippen molar-refractivity contribution >= 4 is 5.82 Å². The van der Waals surface area contributed by atoms with E-state index in [1.807, 2.05) is 12.1 Å². The molecule has 0 saturated carbocycles. The van der Waals surface area contributed by atoms with E-state index >= 15 is 0 Å². The van der Waals surface area contributed by atoms with Crippen LogP contribution in [-0.4, -0.2) is 30.3 Å². The van der Waals surface area contributed by atoms with Gasteiger partial charge in [-0.1, -0.05) is 0 Å². The van der Waals surface area contributed by atoms with E-state index in [4.69, 9.17) is 15.2 Å². The third-order valence-corrected chi connectivity index (χ3v) is 3.80. The molecule has 1 unspecified atom stereocenters. The highest BCUT2D eigenvalue weighted by Gasteiger charge is 2.23. The molecule has 3 heterocycles. The number of nitrogen functional groups attached to an aromatic ring is 1. The highest BCUT2D eigenvalue weighted by molar-refractivity contribution is 5.66. The largest absolute Gasteiger partial charge is 0.481 e. The van der Waals surface area contributed by atoms with E-state index in [1.54, 1.807) is 19.4 Å². The zero-order valence-corrected chi connectivity index (χ0v) is 12.2. The average Bonchev–Trinajstić information content (AvgIpc) is 3.08. The van der Waals surface area contributed by atoms with Crippen LogP contribution in [0.1, 0.15) is 23.5 Å². The highest BCUT2D eigenvalue weighted by atomic mass is 16.5. The van der Waals surface area contributed by atoms with Gasteiger partial charge in [-0.05, 0) is 24.1 Å². The van der Waals surface area contributed by atoms with Gasteiger partial charge in [0.15, 0.2) is 0 Å². The van der Waals surface area contributed by atoms with E-state index in [1.165, 1.54) is 0 Å². The first kappa shape index (κ1) is 14.3. The van der Waals surface area contributed by atoms with Gasteiger partial charge in [0.05, 0.1) is 25.0 Å². The monoisotopic (exact) mass is 296 g/mol. The Morgan fingerprint density at radius 3 is 2.91 bits per heavy atom. The normalized spacial score (nSPS) is 17.2. The first-order chi connectivity index (χ1) is 10.7. The van der Waals surface area contributed by atoms with E-state index in [-0.39, 0.29) is 11.7 Å². The maximum absolute atomic E-state index is 9.35. The molecule has 6 heteroatoms. The lowest BCUT2D eigenvalue weighted by Crippen LogP contribution is -2.07. The summed E-state index contributed by atoms with van der Waals surface area (Å²) in [5.74, 6) is 0.970. The van der Waals surface area contributed by atoms with Gasteiger partial charge in [-0.3, -0.25) is 0 Å². The maximum Gasteiger partial charge on any atom is 0.212 e. The molecule has 3 rings (SSSR count). The number of anilines is 1. The lowest BCUT2D eigenvalue weighted by Gasteiger charge is -2.14. The molecule has 6 nitrogen and oxygen atoms in total. The van der Waals surface area contributed by atoms with Crippen molar-refractivity contribution in [2.24, 2.45) is 0 Å². The molecule has 1 atom stereocenters. The lowest BCUT2D eigenvalue weighted by molar-refractivity contribution is 0.194. The van der Waals surface area contributed by atoms with Gasteiger partial charge in [-0.15, -0.1) is 0 Å². The number of pyridine rings is 2. The molecule has 0 amide bonds. The second-order valence-electron chi connectivity index (χ2n) is 5.12. The molecule has 2 aromatic heterocycles. The summed E-state index contributed by atoms with van der Waals surface area (Å²) >= 11 is 0. The number of nitriles is 1. The number of aromatic nitrogens is 2. The SMILES string of the molecule is COc1ccc(-c2cc(C3CCOC3)c(C#N)c(N)n2)cn1. The molecule has 0 radical (unpaired) electrons. The molecule has 112 valence electrons. The second-order valence-corrected chi connectivity index (χ2v) is 5.12. The van der Waals surface area contributed by atoms with Crippen LogP contribution in [0.3, 0.4) is 0 Å². The number of hydrogen-bond acceptors (Lipinski definition) is 6. The molecule has 0 aliphatic carbocycles. The summed E-state index contributed by atoms with van der Waals surface area (Å²) in [4.78, 5) is 8.52. The average molecular weight is 296 g/mol.